The second-order valence-electron chi connectivity index (χ2n) is 11.8. The van der Waals surface area contributed by atoms with Crippen LogP contribution in [0.1, 0.15) is 58.3 Å². The van der Waals surface area contributed by atoms with E-state index >= 15 is 0 Å². The fourth-order valence-electron chi connectivity index (χ4n) is 5.87. The molecule has 1 saturated heterocycles. The molecule has 0 aliphatic carbocycles. The molecule has 6 aromatic rings. The molecule has 52 heavy (non-hydrogen) atoms. The van der Waals surface area contributed by atoms with Crippen LogP contribution >= 0.6 is 22.6 Å². The second kappa shape index (κ2) is 23.5. The molecule has 9 heteroatoms. The van der Waals surface area contributed by atoms with Gasteiger partial charge < -0.3 is 15.7 Å². The van der Waals surface area contributed by atoms with Crippen molar-refractivity contribution in [3.05, 3.63) is 131 Å². The zero-order valence-corrected chi connectivity index (χ0v) is 34.3. The minimum atomic E-state index is -0.238. The molecule has 1 fully saturated rings. The van der Waals surface area contributed by atoms with Crippen LogP contribution in [0.4, 0.5) is 8.78 Å². The molecule has 1 N–H and O–H groups in total. The molecule has 0 bridgehead atoms. The predicted molar refractivity (Wildman–Crippen MR) is 222 cm³/mol. The maximum atomic E-state index is 13.8. The van der Waals surface area contributed by atoms with Gasteiger partial charge >= 0.3 is 29.6 Å². The molecule has 0 radical (unpaired) electrons. The minimum Gasteiger partial charge on any atom is -1.00 e. The number of ether oxygens (including phenoxy) is 1. The SMILES string of the molecule is C.C.C1CCOC1.CCI.Cc1cccc(C)c1-c1cc(F)ccc1-c1ncc[nH]1.Cc1cccc(C)c1-c1cc(F)ccc1-c1nccn1C.[H-].[Na+]. The van der Waals surface area contributed by atoms with Gasteiger partial charge in [-0.25, -0.2) is 18.7 Å². The van der Waals surface area contributed by atoms with Crippen molar-refractivity contribution in [1.82, 2.24) is 19.5 Å². The number of hydrogen-bond donors (Lipinski definition) is 1. The number of imidazole rings is 2. The molecule has 7 rings (SSSR count). The molecule has 1 aliphatic rings. The average Bonchev–Trinajstić information content (AvgIpc) is 3.88. The molecular weight excluding hydrogens is 776 g/mol. The van der Waals surface area contributed by atoms with Crippen LogP contribution in [0, 0.1) is 39.3 Å². The third kappa shape index (κ3) is 12.5. The summed E-state index contributed by atoms with van der Waals surface area (Å²) in [4.78, 5) is 11.8. The summed E-state index contributed by atoms with van der Waals surface area (Å²) < 4.78 is 35.6. The number of H-pyrrole nitrogens is 1. The van der Waals surface area contributed by atoms with Gasteiger partial charge in [0, 0.05) is 56.2 Å². The number of alkyl halides is 1. The number of benzene rings is 4. The largest absolute Gasteiger partial charge is 1.00 e. The van der Waals surface area contributed by atoms with Gasteiger partial charge in [-0.15, -0.1) is 0 Å². The Morgan fingerprint density at radius 2 is 1.19 bits per heavy atom. The fraction of sp³-hybridized carbons (Fsp3) is 0.302. The normalized spacial score (nSPS) is 11.2. The first-order valence-electron chi connectivity index (χ1n) is 16.5. The van der Waals surface area contributed by atoms with Crippen LogP contribution in [0.25, 0.3) is 45.0 Å². The van der Waals surface area contributed by atoms with E-state index in [4.69, 9.17) is 4.74 Å². The summed E-state index contributed by atoms with van der Waals surface area (Å²) in [7, 11) is 1.94. The molecular formula is C43H54F2IN4NaO. The first-order valence-corrected chi connectivity index (χ1v) is 18.0. The molecule has 3 heterocycles. The monoisotopic (exact) mass is 830 g/mol. The summed E-state index contributed by atoms with van der Waals surface area (Å²) in [5, 5.41) is 0. The van der Waals surface area contributed by atoms with Crippen molar-refractivity contribution in [1.29, 1.82) is 0 Å². The minimum absolute atomic E-state index is 0. The number of aromatic amines is 1. The standard InChI is InChI=1S/C18H17FN2.C17H15FN2.C4H8O.C2H5I.2CH4.Na.H/c1-12-5-4-6-13(2)17(12)16-11-14(19)7-8-15(16)18-20-9-10-21(18)3;1-11-4-3-5-12(2)16(11)15-10-13(18)6-7-14(15)17-19-8-9-20-17;1-2-4-5-3-1;1-2-3;;;;/h4-11H,1-3H3;3-10H,1-2H3,(H,19,20);1-4H2;2H2,1H3;2*1H4;;/q;;;;;;+1;-1. The number of nitrogens with one attached hydrogen (secondary N) is 1. The van der Waals surface area contributed by atoms with Crippen molar-refractivity contribution >= 4 is 22.6 Å². The molecule has 0 spiro atoms. The van der Waals surface area contributed by atoms with E-state index in [1.54, 1.807) is 42.9 Å². The van der Waals surface area contributed by atoms with Crippen LogP contribution < -0.4 is 29.6 Å². The van der Waals surface area contributed by atoms with Gasteiger partial charge in [-0.2, -0.15) is 0 Å². The topological polar surface area (TPSA) is 55.7 Å². The van der Waals surface area contributed by atoms with Crippen molar-refractivity contribution in [2.75, 3.05) is 17.6 Å². The van der Waals surface area contributed by atoms with Gasteiger partial charge in [-0.1, -0.05) is 80.8 Å². The van der Waals surface area contributed by atoms with Crippen LogP contribution in [0.5, 0.6) is 0 Å². The van der Waals surface area contributed by atoms with E-state index in [1.165, 1.54) is 29.4 Å². The number of aromatic nitrogens is 4. The molecule has 0 amide bonds. The molecule has 2 aromatic heterocycles. The van der Waals surface area contributed by atoms with E-state index in [2.05, 4.69) is 70.4 Å². The second-order valence-corrected chi connectivity index (χ2v) is 13.3. The Bertz CT molecular complexity index is 1900. The van der Waals surface area contributed by atoms with E-state index in [0.29, 0.717) is 0 Å². The quantitative estimate of drug-likeness (QED) is 0.110. The van der Waals surface area contributed by atoms with E-state index in [0.717, 1.165) is 80.5 Å². The Morgan fingerprint density at radius 3 is 1.58 bits per heavy atom. The van der Waals surface area contributed by atoms with Crippen LogP contribution in [-0.4, -0.2) is 37.2 Å². The Hall–Kier alpha value is -3.15. The Kier molecular flexibility index (Phi) is 21.2. The summed E-state index contributed by atoms with van der Waals surface area (Å²) in [6, 6.07) is 21.9. The van der Waals surface area contributed by atoms with Gasteiger partial charge in [0.1, 0.15) is 23.3 Å². The predicted octanol–water partition coefficient (Wildman–Crippen LogP) is 9.64. The van der Waals surface area contributed by atoms with E-state index < -0.39 is 0 Å². The molecule has 1 aliphatic heterocycles. The fourth-order valence-corrected chi connectivity index (χ4v) is 5.87. The molecule has 0 saturated carbocycles. The van der Waals surface area contributed by atoms with Gasteiger partial charge in [-0.05, 0) is 126 Å². The van der Waals surface area contributed by atoms with Crippen LogP contribution in [0.3, 0.4) is 0 Å². The van der Waals surface area contributed by atoms with Crippen LogP contribution in [0.15, 0.2) is 97.6 Å². The number of aryl methyl sites for hydroxylation is 5. The summed E-state index contributed by atoms with van der Waals surface area (Å²) in [6.45, 7) is 12.3. The molecule has 274 valence electrons. The maximum Gasteiger partial charge on any atom is 1.00 e. The van der Waals surface area contributed by atoms with Gasteiger partial charge in [0.25, 0.3) is 0 Å². The maximum absolute atomic E-state index is 13.8. The van der Waals surface area contributed by atoms with Crippen molar-refractivity contribution in [3.8, 4) is 45.0 Å². The number of rotatable bonds is 4. The van der Waals surface area contributed by atoms with Gasteiger partial charge in [0.15, 0.2) is 0 Å². The summed E-state index contributed by atoms with van der Waals surface area (Å²) in [5.74, 6) is 1.12. The number of hydrogen-bond acceptors (Lipinski definition) is 3. The Morgan fingerprint density at radius 1 is 0.731 bits per heavy atom. The Balaban J connectivity index is 0.000000795. The van der Waals surface area contributed by atoms with E-state index in [9.17, 15) is 8.78 Å². The van der Waals surface area contributed by atoms with Crippen molar-refractivity contribution in [3.63, 3.8) is 0 Å². The first kappa shape index (κ1) is 46.9. The summed E-state index contributed by atoms with van der Waals surface area (Å²) in [6.07, 6.45) is 9.68. The van der Waals surface area contributed by atoms with Crippen molar-refractivity contribution < 1.29 is 44.5 Å². The zero-order chi connectivity index (χ0) is 35.3. The van der Waals surface area contributed by atoms with Gasteiger partial charge in [-0.3, -0.25) is 0 Å². The van der Waals surface area contributed by atoms with Crippen LogP contribution in [-0.2, 0) is 11.8 Å². The smallest absolute Gasteiger partial charge is 1.00 e. The van der Waals surface area contributed by atoms with Gasteiger partial charge in [0.05, 0.1) is 0 Å². The summed E-state index contributed by atoms with van der Waals surface area (Å²) in [5.41, 5.74) is 10.3. The van der Waals surface area contributed by atoms with E-state index in [-0.39, 0.29) is 57.5 Å². The third-order valence-electron chi connectivity index (χ3n) is 8.11. The van der Waals surface area contributed by atoms with E-state index in [1.807, 2.05) is 55.9 Å². The molecule has 0 atom stereocenters. The van der Waals surface area contributed by atoms with Gasteiger partial charge in [0.2, 0.25) is 0 Å². The van der Waals surface area contributed by atoms with Crippen molar-refractivity contribution in [2.45, 2.75) is 62.3 Å². The number of nitrogens with zero attached hydrogens (tertiary/aromatic N) is 3. The molecule has 0 unspecified atom stereocenters. The zero-order valence-electron chi connectivity index (χ0n) is 31.2. The third-order valence-corrected chi connectivity index (χ3v) is 8.11. The number of halogens is 3. The van der Waals surface area contributed by atoms with Crippen molar-refractivity contribution in [2.24, 2.45) is 7.05 Å². The molecule has 4 aromatic carbocycles. The summed E-state index contributed by atoms with van der Waals surface area (Å²) >= 11 is 2.29. The first-order chi connectivity index (χ1) is 23.7. The molecule has 5 nitrogen and oxygen atoms in total. The van der Waals surface area contributed by atoms with Crippen LogP contribution in [0.2, 0.25) is 0 Å². The Labute approximate surface area is 347 Å². The average molecular weight is 831 g/mol.